The smallest absolute Gasteiger partial charge is 0.0545 e. The molecule has 1 aromatic rings. The van der Waals surface area contributed by atoms with Gasteiger partial charge in [0.05, 0.1) is 17.6 Å². The van der Waals surface area contributed by atoms with Gasteiger partial charge in [0.1, 0.15) is 0 Å². The van der Waals surface area contributed by atoms with E-state index < -0.39 is 0 Å². The first kappa shape index (κ1) is 9.21. The Balaban J connectivity index is 1.96. The molecule has 0 fully saturated rings. The zero-order valence-corrected chi connectivity index (χ0v) is 8.19. The second kappa shape index (κ2) is 4.24. The molecule has 0 radical (unpaired) electrons. The lowest BCUT2D eigenvalue weighted by atomic mass is 10.2. The average Bonchev–Trinajstić information content (AvgIpc) is 2.23. The minimum absolute atomic E-state index is 0.729. The third-order valence-electron chi connectivity index (χ3n) is 2.38. The standard InChI is InChI=1S/C11H15N3/c12-10-4-5-11(13-8-10)9-14-6-2-1-3-7-14/h1-2,4-5,8H,3,6-7,9,12H2. The highest BCUT2D eigenvalue weighted by Gasteiger charge is 2.06. The van der Waals surface area contributed by atoms with Crippen molar-refractivity contribution in [3.63, 3.8) is 0 Å². The Labute approximate surface area is 84.2 Å². The summed E-state index contributed by atoms with van der Waals surface area (Å²) in [5.74, 6) is 0. The molecule has 0 bridgehead atoms. The molecule has 0 saturated carbocycles. The van der Waals surface area contributed by atoms with E-state index in [0.717, 1.165) is 37.4 Å². The second-order valence-corrected chi connectivity index (χ2v) is 3.58. The summed E-state index contributed by atoms with van der Waals surface area (Å²) < 4.78 is 0. The van der Waals surface area contributed by atoms with E-state index in [1.807, 2.05) is 12.1 Å². The van der Waals surface area contributed by atoms with Crippen molar-refractivity contribution in [2.75, 3.05) is 18.8 Å². The fourth-order valence-electron chi connectivity index (χ4n) is 1.59. The van der Waals surface area contributed by atoms with Gasteiger partial charge >= 0.3 is 0 Å². The maximum absolute atomic E-state index is 5.57. The molecule has 1 aromatic heterocycles. The lowest BCUT2D eigenvalue weighted by Crippen LogP contribution is -2.26. The molecule has 3 heteroatoms. The number of nitrogens with two attached hydrogens (primary N) is 1. The summed E-state index contributed by atoms with van der Waals surface area (Å²) in [5, 5.41) is 0. The number of aromatic nitrogens is 1. The average molecular weight is 189 g/mol. The first-order valence-electron chi connectivity index (χ1n) is 4.92. The summed E-state index contributed by atoms with van der Waals surface area (Å²) in [6, 6.07) is 3.90. The number of hydrogen-bond acceptors (Lipinski definition) is 3. The molecule has 14 heavy (non-hydrogen) atoms. The topological polar surface area (TPSA) is 42.1 Å². The third kappa shape index (κ3) is 2.33. The maximum atomic E-state index is 5.57. The summed E-state index contributed by atoms with van der Waals surface area (Å²) in [7, 11) is 0. The summed E-state index contributed by atoms with van der Waals surface area (Å²) >= 11 is 0. The van der Waals surface area contributed by atoms with Crippen LogP contribution in [0.4, 0.5) is 5.69 Å². The molecule has 0 aromatic carbocycles. The lowest BCUT2D eigenvalue weighted by Gasteiger charge is -2.22. The fourth-order valence-corrected chi connectivity index (χ4v) is 1.59. The highest BCUT2D eigenvalue weighted by atomic mass is 15.1. The third-order valence-corrected chi connectivity index (χ3v) is 2.38. The van der Waals surface area contributed by atoms with Crippen molar-refractivity contribution in [3.8, 4) is 0 Å². The van der Waals surface area contributed by atoms with E-state index in [-0.39, 0.29) is 0 Å². The zero-order valence-electron chi connectivity index (χ0n) is 8.19. The van der Waals surface area contributed by atoms with Gasteiger partial charge in [-0.05, 0) is 18.6 Å². The Kier molecular flexibility index (Phi) is 2.79. The summed E-state index contributed by atoms with van der Waals surface area (Å²) in [4.78, 5) is 6.66. The number of rotatable bonds is 2. The van der Waals surface area contributed by atoms with Crippen LogP contribution in [0.5, 0.6) is 0 Å². The van der Waals surface area contributed by atoms with Gasteiger partial charge < -0.3 is 5.73 Å². The summed E-state index contributed by atoms with van der Waals surface area (Å²) in [5.41, 5.74) is 7.39. The predicted octanol–water partition coefficient (Wildman–Crippen LogP) is 1.43. The van der Waals surface area contributed by atoms with E-state index in [2.05, 4.69) is 22.0 Å². The largest absolute Gasteiger partial charge is 0.397 e. The van der Waals surface area contributed by atoms with Gasteiger partial charge in [0.25, 0.3) is 0 Å². The Hall–Kier alpha value is -1.35. The van der Waals surface area contributed by atoms with Crippen LogP contribution in [0.15, 0.2) is 30.5 Å². The van der Waals surface area contributed by atoms with Crippen molar-refractivity contribution in [2.24, 2.45) is 0 Å². The highest BCUT2D eigenvalue weighted by molar-refractivity contribution is 5.34. The molecular formula is C11H15N3. The van der Waals surface area contributed by atoms with Gasteiger partial charge in [-0.3, -0.25) is 9.88 Å². The molecule has 2 N–H and O–H groups in total. The van der Waals surface area contributed by atoms with Crippen LogP contribution >= 0.6 is 0 Å². The van der Waals surface area contributed by atoms with Crippen LogP contribution < -0.4 is 5.73 Å². The molecular weight excluding hydrogens is 174 g/mol. The van der Waals surface area contributed by atoms with Crippen molar-refractivity contribution in [1.29, 1.82) is 0 Å². The normalized spacial score (nSPS) is 17.1. The van der Waals surface area contributed by atoms with Gasteiger partial charge in [0.2, 0.25) is 0 Å². The Morgan fingerprint density at radius 1 is 1.36 bits per heavy atom. The highest BCUT2D eigenvalue weighted by Crippen LogP contribution is 2.08. The Morgan fingerprint density at radius 3 is 2.93 bits per heavy atom. The monoisotopic (exact) mass is 189 g/mol. The SMILES string of the molecule is Nc1ccc(CN2CC=CCC2)nc1. The molecule has 0 unspecified atom stereocenters. The number of pyridine rings is 1. The molecule has 0 aliphatic carbocycles. The van der Waals surface area contributed by atoms with Crippen LogP contribution in [0, 0.1) is 0 Å². The van der Waals surface area contributed by atoms with Crippen molar-refractivity contribution >= 4 is 5.69 Å². The predicted molar refractivity (Wildman–Crippen MR) is 57.7 cm³/mol. The van der Waals surface area contributed by atoms with Gasteiger partial charge in [-0.1, -0.05) is 12.2 Å². The molecule has 2 heterocycles. The number of anilines is 1. The van der Waals surface area contributed by atoms with Crippen LogP contribution in [0.3, 0.4) is 0 Å². The minimum Gasteiger partial charge on any atom is -0.397 e. The lowest BCUT2D eigenvalue weighted by molar-refractivity contribution is 0.287. The summed E-state index contributed by atoms with van der Waals surface area (Å²) in [6.07, 6.45) is 7.30. The number of hydrogen-bond donors (Lipinski definition) is 1. The quantitative estimate of drug-likeness (QED) is 0.715. The van der Waals surface area contributed by atoms with E-state index in [1.165, 1.54) is 0 Å². The van der Waals surface area contributed by atoms with Gasteiger partial charge in [0.15, 0.2) is 0 Å². The molecule has 74 valence electrons. The number of nitrogens with zero attached hydrogens (tertiary/aromatic N) is 2. The van der Waals surface area contributed by atoms with E-state index in [0.29, 0.717) is 0 Å². The van der Waals surface area contributed by atoms with Crippen LogP contribution in [-0.2, 0) is 6.54 Å². The van der Waals surface area contributed by atoms with Crippen molar-refractivity contribution in [2.45, 2.75) is 13.0 Å². The first-order valence-corrected chi connectivity index (χ1v) is 4.92. The fraction of sp³-hybridized carbons (Fsp3) is 0.364. The molecule has 1 aliphatic heterocycles. The van der Waals surface area contributed by atoms with Crippen LogP contribution in [-0.4, -0.2) is 23.0 Å². The molecule has 0 amide bonds. The van der Waals surface area contributed by atoms with E-state index in [9.17, 15) is 0 Å². The van der Waals surface area contributed by atoms with Crippen molar-refractivity contribution < 1.29 is 0 Å². The van der Waals surface area contributed by atoms with Gasteiger partial charge in [-0.15, -0.1) is 0 Å². The molecule has 0 spiro atoms. The summed E-state index contributed by atoms with van der Waals surface area (Å²) in [6.45, 7) is 3.08. The van der Waals surface area contributed by atoms with Crippen molar-refractivity contribution in [1.82, 2.24) is 9.88 Å². The van der Waals surface area contributed by atoms with Crippen LogP contribution in [0.1, 0.15) is 12.1 Å². The van der Waals surface area contributed by atoms with Gasteiger partial charge in [-0.2, -0.15) is 0 Å². The Bertz CT molecular complexity index is 316. The number of nitrogen functional groups attached to an aromatic ring is 1. The van der Waals surface area contributed by atoms with Crippen molar-refractivity contribution in [3.05, 3.63) is 36.2 Å². The van der Waals surface area contributed by atoms with E-state index in [4.69, 9.17) is 5.73 Å². The van der Waals surface area contributed by atoms with Gasteiger partial charge in [-0.25, -0.2) is 0 Å². The second-order valence-electron chi connectivity index (χ2n) is 3.58. The molecule has 2 rings (SSSR count). The van der Waals surface area contributed by atoms with Crippen LogP contribution in [0.25, 0.3) is 0 Å². The molecule has 0 saturated heterocycles. The minimum atomic E-state index is 0.729. The van der Waals surface area contributed by atoms with Gasteiger partial charge in [0, 0.05) is 19.6 Å². The van der Waals surface area contributed by atoms with E-state index >= 15 is 0 Å². The molecule has 0 atom stereocenters. The molecule has 3 nitrogen and oxygen atoms in total. The maximum Gasteiger partial charge on any atom is 0.0545 e. The molecule has 1 aliphatic rings. The first-order chi connectivity index (χ1) is 6.84. The zero-order chi connectivity index (χ0) is 9.80. The van der Waals surface area contributed by atoms with Crippen LogP contribution in [0.2, 0.25) is 0 Å². The van der Waals surface area contributed by atoms with E-state index in [1.54, 1.807) is 6.20 Å². The Morgan fingerprint density at radius 2 is 2.29 bits per heavy atom.